The van der Waals surface area contributed by atoms with Crippen LogP contribution >= 0.6 is 0 Å². The monoisotopic (exact) mass is 569 g/mol. The Morgan fingerprint density at radius 1 is 0.475 bits per heavy atom. The van der Waals surface area contributed by atoms with Gasteiger partial charge in [-0.15, -0.1) is 0 Å². The summed E-state index contributed by atoms with van der Waals surface area (Å²) in [5.41, 5.74) is 0. The Labute approximate surface area is 248 Å². The second-order valence-corrected chi connectivity index (χ2v) is 12.0. The number of aliphatic hydroxyl groups excluding tert-OH is 1. The van der Waals surface area contributed by atoms with Gasteiger partial charge in [0.1, 0.15) is 6.61 Å². The van der Waals surface area contributed by atoms with Crippen LogP contribution in [0.15, 0.2) is 0 Å². The number of rotatable bonds is 32. The van der Waals surface area contributed by atoms with Gasteiger partial charge in [-0.3, -0.25) is 9.59 Å². The smallest absolute Gasteiger partial charge is 0.306 e. The van der Waals surface area contributed by atoms with Gasteiger partial charge in [-0.1, -0.05) is 168 Å². The molecule has 0 aromatic heterocycles. The second kappa shape index (κ2) is 32.4. The van der Waals surface area contributed by atoms with Crippen molar-refractivity contribution < 1.29 is 24.2 Å². The summed E-state index contributed by atoms with van der Waals surface area (Å²) in [5, 5.41) is 9.50. The van der Waals surface area contributed by atoms with E-state index in [0.29, 0.717) is 12.8 Å². The average molecular weight is 569 g/mol. The van der Waals surface area contributed by atoms with Crippen molar-refractivity contribution in [2.24, 2.45) is 0 Å². The van der Waals surface area contributed by atoms with E-state index in [9.17, 15) is 14.7 Å². The van der Waals surface area contributed by atoms with Gasteiger partial charge in [0.25, 0.3) is 0 Å². The molecule has 0 rings (SSSR count). The zero-order valence-corrected chi connectivity index (χ0v) is 26.9. The van der Waals surface area contributed by atoms with Crippen molar-refractivity contribution in [3.8, 4) is 0 Å². The minimum atomic E-state index is -0.759. The Hall–Kier alpha value is -1.10. The summed E-state index contributed by atoms with van der Waals surface area (Å²) in [4.78, 5) is 24.1. The zero-order valence-electron chi connectivity index (χ0n) is 26.9. The summed E-state index contributed by atoms with van der Waals surface area (Å²) in [5.74, 6) is -0.581. The zero-order chi connectivity index (χ0) is 29.4. The molecule has 0 spiro atoms. The molecule has 0 aromatic carbocycles. The van der Waals surface area contributed by atoms with Crippen LogP contribution in [0.5, 0.6) is 0 Å². The van der Waals surface area contributed by atoms with Crippen molar-refractivity contribution in [1.29, 1.82) is 0 Å². The number of aliphatic hydroxyl groups is 1. The molecule has 1 N–H and O–H groups in total. The molecule has 0 amide bonds. The second-order valence-electron chi connectivity index (χ2n) is 12.0. The van der Waals surface area contributed by atoms with Gasteiger partial charge >= 0.3 is 11.9 Å². The average Bonchev–Trinajstić information content (AvgIpc) is 2.96. The number of ether oxygens (including phenoxy) is 2. The van der Waals surface area contributed by atoms with E-state index >= 15 is 0 Å². The summed E-state index contributed by atoms with van der Waals surface area (Å²) in [6.45, 7) is 4.13. The lowest BCUT2D eigenvalue weighted by Crippen LogP contribution is -2.28. The van der Waals surface area contributed by atoms with Crippen LogP contribution in [0.3, 0.4) is 0 Å². The molecule has 0 bridgehead atoms. The molecule has 1 atom stereocenters. The molecule has 0 aliphatic carbocycles. The summed E-state index contributed by atoms with van der Waals surface area (Å²) in [6.07, 6.45) is 33.0. The maximum atomic E-state index is 12.1. The highest BCUT2D eigenvalue weighted by Crippen LogP contribution is 2.15. The minimum absolute atomic E-state index is 0.0577. The van der Waals surface area contributed by atoms with E-state index < -0.39 is 6.10 Å². The van der Waals surface area contributed by atoms with Gasteiger partial charge in [-0.05, 0) is 12.8 Å². The molecule has 40 heavy (non-hydrogen) atoms. The number of hydrogen-bond donors (Lipinski definition) is 1. The van der Waals surface area contributed by atoms with E-state index in [-0.39, 0.29) is 25.2 Å². The van der Waals surface area contributed by atoms with Crippen molar-refractivity contribution in [3.05, 3.63) is 0 Å². The number of carbonyl (C=O) groups is 2. The summed E-state index contributed by atoms with van der Waals surface area (Å²) in [7, 11) is 0. The minimum Gasteiger partial charge on any atom is -0.462 e. The highest BCUT2D eigenvalue weighted by Gasteiger charge is 2.16. The Kier molecular flexibility index (Phi) is 31.5. The highest BCUT2D eigenvalue weighted by molar-refractivity contribution is 5.70. The Morgan fingerprint density at radius 3 is 1.10 bits per heavy atom. The molecule has 0 aromatic rings. The third-order valence-electron chi connectivity index (χ3n) is 7.90. The van der Waals surface area contributed by atoms with Gasteiger partial charge in [-0.2, -0.15) is 0 Å². The fourth-order valence-electron chi connectivity index (χ4n) is 5.20. The van der Waals surface area contributed by atoms with Crippen LogP contribution < -0.4 is 0 Å². The van der Waals surface area contributed by atoms with Crippen molar-refractivity contribution in [1.82, 2.24) is 0 Å². The van der Waals surface area contributed by atoms with Crippen molar-refractivity contribution >= 4 is 11.9 Å². The fourth-order valence-corrected chi connectivity index (χ4v) is 5.20. The van der Waals surface area contributed by atoms with Crippen LogP contribution in [0, 0.1) is 0 Å². The van der Waals surface area contributed by atoms with Crippen LogP contribution in [0.1, 0.15) is 194 Å². The first-order chi connectivity index (χ1) is 19.6. The molecule has 5 nitrogen and oxygen atoms in total. The lowest BCUT2D eigenvalue weighted by atomic mass is 10.0. The Morgan fingerprint density at radius 2 is 0.775 bits per heavy atom. The molecule has 0 radical (unpaired) electrons. The van der Waals surface area contributed by atoms with Crippen LogP contribution in [0.2, 0.25) is 0 Å². The van der Waals surface area contributed by atoms with Gasteiger partial charge in [0.15, 0.2) is 6.10 Å². The first-order valence-corrected chi connectivity index (χ1v) is 17.6. The molecule has 1 unspecified atom stereocenters. The first kappa shape index (κ1) is 38.9. The number of carbonyl (C=O) groups excluding carboxylic acids is 2. The van der Waals surface area contributed by atoms with E-state index in [2.05, 4.69) is 13.8 Å². The fraction of sp³-hybridized carbons (Fsp3) is 0.943. The molecule has 5 heteroatoms. The molecule has 0 saturated heterocycles. The molecule has 0 aliphatic heterocycles. The maximum Gasteiger partial charge on any atom is 0.306 e. The van der Waals surface area contributed by atoms with E-state index in [1.165, 1.54) is 128 Å². The normalized spacial score (nSPS) is 12.0. The van der Waals surface area contributed by atoms with Crippen molar-refractivity contribution in [2.45, 2.75) is 200 Å². The lowest BCUT2D eigenvalue weighted by molar-refractivity contribution is -0.161. The third kappa shape index (κ3) is 29.9. The predicted molar refractivity (Wildman–Crippen MR) is 169 cm³/mol. The quantitative estimate of drug-likeness (QED) is 0.0645. The highest BCUT2D eigenvalue weighted by atomic mass is 16.6. The number of esters is 2. The summed E-state index contributed by atoms with van der Waals surface area (Å²) < 4.78 is 10.6. The van der Waals surface area contributed by atoms with E-state index in [0.717, 1.165) is 38.5 Å². The number of hydrogen-bond acceptors (Lipinski definition) is 5. The molecule has 0 fully saturated rings. The van der Waals surface area contributed by atoms with Crippen LogP contribution in [-0.4, -0.2) is 36.4 Å². The predicted octanol–water partition coefficient (Wildman–Crippen LogP) is 10.4. The van der Waals surface area contributed by atoms with Crippen LogP contribution in [-0.2, 0) is 19.1 Å². The Balaban J connectivity index is 3.51. The van der Waals surface area contributed by atoms with E-state index in [1.54, 1.807) is 0 Å². The standard InChI is InChI=1S/C35H68O5/c1-3-5-7-9-11-13-15-16-17-18-19-20-22-24-26-28-30-35(38)40-33(31-36)32-39-34(37)29-27-25-23-21-14-12-10-8-6-4-2/h33,36H,3-32H2,1-2H3. The van der Waals surface area contributed by atoms with Crippen molar-refractivity contribution in [2.75, 3.05) is 13.2 Å². The summed E-state index contributed by atoms with van der Waals surface area (Å²) in [6, 6.07) is 0. The van der Waals surface area contributed by atoms with Crippen molar-refractivity contribution in [3.63, 3.8) is 0 Å². The summed E-state index contributed by atoms with van der Waals surface area (Å²) >= 11 is 0. The van der Waals surface area contributed by atoms with Gasteiger partial charge < -0.3 is 14.6 Å². The van der Waals surface area contributed by atoms with Gasteiger partial charge in [0.2, 0.25) is 0 Å². The molecule has 0 aliphatic rings. The first-order valence-electron chi connectivity index (χ1n) is 17.6. The van der Waals surface area contributed by atoms with Crippen LogP contribution in [0.25, 0.3) is 0 Å². The van der Waals surface area contributed by atoms with E-state index in [4.69, 9.17) is 9.47 Å². The maximum absolute atomic E-state index is 12.1. The SMILES string of the molecule is CCCCCCCCCCCCCCCCCCC(=O)OC(CO)COC(=O)CCCCCCCCCCCC. The molecular formula is C35H68O5. The van der Waals surface area contributed by atoms with E-state index in [1.807, 2.05) is 0 Å². The molecule has 238 valence electrons. The van der Waals surface area contributed by atoms with Gasteiger partial charge in [-0.25, -0.2) is 0 Å². The third-order valence-corrected chi connectivity index (χ3v) is 7.90. The van der Waals surface area contributed by atoms with Gasteiger partial charge in [0.05, 0.1) is 6.61 Å². The number of unbranched alkanes of at least 4 members (excludes halogenated alkanes) is 24. The molecule has 0 heterocycles. The van der Waals surface area contributed by atoms with Gasteiger partial charge in [0, 0.05) is 12.8 Å². The molecular weight excluding hydrogens is 500 g/mol. The molecule has 0 saturated carbocycles. The Bertz CT molecular complexity index is 536. The lowest BCUT2D eigenvalue weighted by Gasteiger charge is -2.15. The van der Waals surface area contributed by atoms with Crippen LogP contribution in [0.4, 0.5) is 0 Å². The largest absolute Gasteiger partial charge is 0.462 e. The topological polar surface area (TPSA) is 72.8 Å².